The van der Waals surface area contributed by atoms with E-state index in [9.17, 15) is 28.5 Å². The summed E-state index contributed by atoms with van der Waals surface area (Å²) in [5.41, 5.74) is -1.87. The summed E-state index contributed by atoms with van der Waals surface area (Å²) in [7, 11) is 0. The lowest BCUT2D eigenvalue weighted by Crippen LogP contribution is -2.44. The summed E-state index contributed by atoms with van der Waals surface area (Å²) < 4.78 is 26.7. The first kappa shape index (κ1) is 16.5. The highest BCUT2D eigenvalue weighted by Crippen LogP contribution is 2.21. The second kappa shape index (κ2) is 6.25. The van der Waals surface area contributed by atoms with Gasteiger partial charge in [0.05, 0.1) is 10.5 Å². The number of carbonyl (C=O) groups is 2. The summed E-state index contributed by atoms with van der Waals surface area (Å²) in [5, 5.41) is 21.5. The monoisotopic (exact) mass is 302 g/mol. The molecule has 9 heteroatoms. The van der Waals surface area contributed by atoms with Crippen molar-refractivity contribution in [3.8, 4) is 0 Å². The minimum absolute atomic E-state index is 0.207. The molecular formula is C12H12F2N2O5. The summed E-state index contributed by atoms with van der Waals surface area (Å²) >= 11 is 0. The lowest BCUT2D eigenvalue weighted by molar-refractivity contribution is -0.387. The summed E-state index contributed by atoms with van der Waals surface area (Å²) in [5.74, 6) is -5.74. The van der Waals surface area contributed by atoms with Gasteiger partial charge in [-0.3, -0.25) is 14.9 Å². The van der Waals surface area contributed by atoms with Crippen LogP contribution in [0.5, 0.6) is 0 Å². The molecule has 21 heavy (non-hydrogen) atoms. The minimum atomic E-state index is -1.42. The van der Waals surface area contributed by atoms with Crippen molar-refractivity contribution in [3.63, 3.8) is 0 Å². The number of rotatable bonds is 5. The number of nitro benzene ring substituents is 1. The van der Waals surface area contributed by atoms with Gasteiger partial charge in [-0.2, -0.15) is 4.39 Å². The number of nitro groups is 1. The summed E-state index contributed by atoms with van der Waals surface area (Å²) in [6.07, 6.45) is 0. The van der Waals surface area contributed by atoms with E-state index in [1.54, 1.807) is 0 Å². The van der Waals surface area contributed by atoms with E-state index in [0.717, 1.165) is 0 Å². The molecule has 1 aromatic rings. The molecule has 0 spiro atoms. The SMILES string of the molecule is CC(C)[C@@H](NC(=O)c1cc([N+](=O)[O-])c(F)cc1F)C(=O)O. The van der Waals surface area contributed by atoms with Crippen LogP contribution in [0.15, 0.2) is 12.1 Å². The van der Waals surface area contributed by atoms with Crippen LogP contribution in [-0.2, 0) is 4.79 Å². The molecule has 0 saturated heterocycles. The molecule has 0 radical (unpaired) electrons. The Bertz CT molecular complexity index is 604. The van der Waals surface area contributed by atoms with Gasteiger partial charge in [-0.15, -0.1) is 0 Å². The molecule has 1 amide bonds. The number of carbonyl (C=O) groups excluding carboxylic acids is 1. The molecule has 0 aliphatic heterocycles. The Morgan fingerprint density at radius 1 is 1.29 bits per heavy atom. The fraction of sp³-hybridized carbons (Fsp3) is 0.333. The molecule has 0 fully saturated rings. The molecule has 0 unspecified atom stereocenters. The Morgan fingerprint density at radius 3 is 2.29 bits per heavy atom. The van der Waals surface area contributed by atoms with Crippen molar-refractivity contribution in [2.75, 3.05) is 0 Å². The molecule has 7 nitrogen and oxygen atoms in total. The number of carboxylic acid groups (broad SMARTS) is 1. The largest absolute Gasteiger partial charge is 0.480 e. The van der Waals surface area contributed by atoms with Crippen LogP contribution in [-0.4, -0.2) is 27.9 Å². The maximum absolute atomic E-state index is 13.5. The highest BCUT2D eigenvalue weighted by atomic mass is 19.1. The van der Waals surface area contributed by atoms with Crippen molar-refractivity contribution in [2.45, 2.75) is 19.9 Å². The van der Waals surface area contributed by atoms with E-state index in [2.05, 4.69) is 0 Å². The van der Waals surface area contributed by atoms with Crippen LogP contribution in [0.4, 0.5) is 14.5 Å². The van der Waals surface area contributed by atoms with Crippen molar-refractivity contribution in [1.29, 1.82) is 0 Å². The predicted octanol–water partition coefficient (Wildman–Crippen LogP) is 1.71. The standard InChI is InChI=1S/C12H12F2N2O5/c1-5(2)10(12(18)19)15-11(17)6-3-9(16(20)21)8(14)4-7(6)13/h3-5,10H,1-2H3,(H,15,17)(H,18,19)/t10-/m1/s1. The normalized spacial score (nSPS) is 12.0. The number of carboxylic acids is 1. The molecule has 0 aromatic heterocycles. The van der Waals surface area contributed by atoms with Gasteiger partial charge in [0, 0.05) is 12.1 Å². The highest BCUT2D eigenvalue weighted by molar-refractivity contribution is 5.97. The Balaban J connectivity index is 3.15. The number of amides is 1. The first-order valence-electron chi connectivity index (χ1n) is 5.82. The average molecular weight is 302 g/mol. The number of benzene rings is 1. The minimum Gasteiger partial charge on any atom is -0.480 e. The van der Waals surface area contributed by atoms with Crippen molar-refractivity contribution in [2.24, 2.45) is 5.92 Å². The number of hydrogen-bond acceptors (Lipinski definition) is 4. The van der Waals surface area contributed by atoms with Gasteiger partial charge >= 0.3 is 11.7 Å². The number of nitrogens with one attached hydrogen (secondary N) is 1. The molecule has 1 rings (SSSR count). The zero-order valence-corrected chi connectivity index (χ0v) is 11.1. The smallest absolute Gasteiger partial charge is 0.326 e. The maximum atomic E-state index is 13.5. The molecule has 1 aromatic carbocycles. The molecule has 0 aliphatic rings. The number of hydrogen-bond donors (Lipinski definition) is 2. The fourth-order valence-corrected chi connectivity index (χ4v) is 1.58. The Morgan fingerprint density at radius 2 is 1.86 bits per heavy atom. The second-order valence-corrected chi connectivity index (χ2v) is 4.57. The third-order valence-corrected chi connectivity index (χ3v) is 2.70. The summed E-state index contributed by atoms with van der Waals surface area (Å²) in [6.45, 7) is 3.03. The van der Waals surface area contributed by atoms with Crippen LogP contribution in [0.2, 0.25) is 0 Å². The summed E-state index contributed by atoms with van der Waals surface area (Å²) in [4.78, 5) is 32.2. The maximum Gasteiger partial charge on any atom is 0.326 e. The first-order chi connectivity index (χ1) is 9.65. The lowest BCUT2D eigenvalue weighted by atomic mass is 10.0. The van der Waals surface area contributed by atoms with Crippen molar-refractivity contribution in [3.05, 3.63) is 39.4 Å². The fourth-order valence-electron chi connectivity index (χ4n) is 1.58. The van der Waals surface area contributed by atoms with Gasteiger partial charge in [0.2, 0.25) is 5.82 Å². The van der Waals surface area contributed by atoms with Gasteiger partial charge in [0.15, 0.2) is 0 Å². The molecule has 2 N–H and O–H groups in total. The lowest BCUT2D eigenvalue weighted by Gasteiger charge is -2.18. The van der Waals surface area contributed by atoms with E-state index < -0.39 is 51.6 Å². The molecular weight excluding hydrogens is 290 g/mol. The highest BCUT2D eigenvalue weighted by Gasteiger charge is 2.27. The number of halogens is 2. The third-order valence-electron chi connectivity index (χ3n) is 2.70. The van der Waals surface area contributed by atoms with E-state index in [0.29, 0.717) is 6.07 Å². The van der Waals surface area contributed by atoms with Crippen LogP contribution in [0.3, 0.4) is 0 Å². The second-order valence-electron chi connectivity index (χ2n) is 4.57. The van der Waals surface area contributed by atoms with Crippen LogP contribution in [0.1, 0.15) is 24.2 Å². The van der Waals surface area contributed by atoms with Crippen molar-refractivity contribution < 1.29 is 28.4 Å². The number of nitrogens with zero attached hydrogens (tertiary/aromatic N) is 1. The van der Waals surface area contributed by atoms with E-state index in [1.807, 2.05) is 5.32 Å². The van der Waals surface area contributed by atoms with E-state index >= 15 is 0 Å². The van der Waals surface area contributed by atoms with E-state index in [4.69, 9.17) is 5.11 Å². The molecule has 0 bridgehead atoms. The molecule has 0 heterocycles. The molecule has 114 valence electrons. The van der Waals surface area contributed by atoms with Crippen LogP contribution in [0.25, 0.3) is 0 Å². The molecule has 1 atom stereocenters. The van der Waals surface area contributed by atoms with Crippen molar-refractivity contribution >= 4 is 17.6 Å². The van der Waals surface area contributed by atoms with Gasteiger partial charge in [-0.1, -0.05) is 13.8 Å². The first-order valence-corrected chi connectivity index (χ1v) is 5.82. The van der Waals surface area contributed by atoms with E-state index in [-0.39, 0.29) is 6.07 Å². The average Bonchev–Trinajstić information content (AvgIpc) is 2.34. The van der Waals surface area contributed by atoms with Gasteiger partial charge in [-0.25, -0.2) is 9.18 Å². The zero-order valence-electron chi connectivity index (χ0n) is 11.1. The van der Waals surface area contributed by atoms with Gasteiger partial charge in [0.1, 0.15) is 11.9 Å². The van der Waals surface area contributed by atoms with Crippen LogP contribution >= 0.6 is 0 Å². The molecule has 0 saturated carbocycles. The zero-order chi connectivity index (χ0) is 16.3. The van der Waals surface area contributed by atoms with Crippen LogP contribution < -0.4 is 5.32 Å². The van der Waals surface area contributed by atoms with Gasteiger partial charge < -0.3 is 10.4 Å². The van der Waals surface area contributed by atoms with Gasteiger partial charge in [-0.05, 0) is 5.92 Å². The quantitative estimate of drug-likeness (QED) is 0.635. The van der Waals surface area contributed by atoms with Crippen LogP contribution in [0, 0.1) is 27.7 Å². The third kappa shape index (κ3) is 3.71. The van der Waals surface area contributed by atoms with E-state index in [1.165, 1.54) is 13.8 Å². The Kier molecular flexibility index (Phi) is 4.90. The topological polar surface area (TPSA) is 110 Å². The molecule has 0 aliphatic carbocycles. The predicted molar refractivity (Wildman–Crippen MR) is 66.7 cm³/mol. The number of aliphatic carboxylic acids is 1. The van der Waals surface area contributed by atoms with Crippen molar-refractivity contribution in [1.82, 2.24) is 5.32 Å². The Hall–Kier alpha value is -2.58. The summed E-state index contributed by atoms with van der Waals surface area (Å²) in [6, 6.07) is -0.668. The van der Waals surface area contributed by atoms with Gasteiger partial charge in [0.25, 0.3) is 5.91 Å². The Labute approximate surface area is 117 Å².